The van der Waals surface area contributed by atoms with E-state index in [0.29, 0.717) is 23.1 Å². The van der Waals surface area contributed by atoms with E-state index in [-0.39, 0.29) is 11.5 Å². The summed E-state index contributed by atoms with van der Waals surface area (Å²) in [6, 6.07) is 3.79. The van der Waals surface area contributed by atoms with Crippen LogP contribution in [-0.4, -0.2) is 35.9 Å². The van der Waals surface area contributed by atoms with Gasteiger partial charge in [0.1, 0.15) is 5.76 Å². The van der Waals surface area contributed by atoms with Gasteiger partial charge in [0.05, 0.1) is 17.6 Å². The molecule has 4 aromatic rings. The summed E-state index contributed by atoms with van der Waals surface area (Å²) in [4.78, 5) is 17.4. The number of thioether (sulfide) groups is 1. The average molecular weight is 440 g/mol. The maximum atomic E-state index is 13.0. The van der Waals surface area contributed by atoms with Crippen LogP contribution < -0.4 is 0 Å². The highest BCUT2D eigenvalue weighted by Crippen LogP contribution is 2.28. The van der Waals surface area contributed by atoms with Crippen LogP contribution in [-0.2, 0) is 6.54 Å². The van der Waals surface area contributed by atoms with Gasteiger partial charge in [-0.1, -0.05) is 17.8 Å². The smallest absolute Gasteiger partial charge is 0.193 e. The number of allylic oxidation sites excluding steroid dienone is 1. The Hall–Kier alpha value is -2.91. The van der Waals surface area contributed by atoms with E-state index in [2.05, 4.69) is 21.8 Å². The summed E-state index contributed by atoms with van der Waals surface area (Å²) in [5.74, 6) is 1.79. The number of furan rings is 1. The third-order valence-corrected chi connectivity index (χ3v) is 6.53. The van der Waals surface area contributed by atoms with Gasteiger partial charge in [0.2, 0.25) is 0 Å². The Kier molecular flexibility index (Phi) is 5.74. The van der Waals surface area contributed by atoms with Gasteiger partial charge in [0.15, 0.2) is 21.9 Å². The van der Waals surface area contributed by atoms with E-state index < -0.39 is 0 Å². The largest absolute Gasteiger partial charge is 0.469 e. The van der Waals surface area contributed by atoms with E-state index in [4.69, 9.17) is 4.42 Å². The Labute approximate surface area is 182 Å². The van der Waals surface area contributed by atoms with Crippen LogP contribution in [0.15, 0.2) is 52.2 Å². The first-order valence-corrected chi connectivity index (χ1v) is 11.2. The lowest BCUT2D eigenvalue weighted by molar-refractivity contribution is 0.102. The van der Waals surface area contributed by atoms with Crippen molar-refractivity contribution in [2.75, 3.05) is 5.75 Å². The van der Waals surface area contributed by atoms with E-state index in [1.165, 1.54) is 11.8 Å². The van der Waals surface area contributed by atoms with Gasteiger partial charge in [-0.3, -0.25) is 13.9 Å². The van der Waals surface area contributed by atoms with Crippen LogP contribution in [0.4, 0.5) is 0 Å². The molecule has 9 heteroatoms. The molecule has 0 unspecified atom stereocenters. The van der Waals surface area contributed by atoms with Gasteiger partial charge >= 0.3 is 0 Å². The van der Waals surface area contributed by atoms with Gasteiger partial charge in [-0.2, -0.15) is 0 Å². The normalized spacial score (nSPS) is 11.2. The molecule has 4 rings (SSSR count). The van der Waals surface area contributed by atoms with Crippen molar-refractivity contribution in [1.29, 1.82) is 0 Å². The number of carbonyl (C=O) groups excluding carboxylic acids is 1. The first-order chi connectivity index (χ1) is 14.5. The molecule has 0 aliphatic rings. The lowest BCUT2D eigenvalue weighted by Gasteiger charge is -2.07. The SMILES string of the molecule is C=CCn1c(SCC(=O)c2cc(C)n(-c3nccs3)c2C)nnc1-c1ccoc1C. The summed E-state index contributed by atoms with van der Waals surface area (Å²) in [7, 11) is 0. The number of hydrogen-bond acceptors (Lipinski definition) is 7. The van der Waals surface area contributed by atoms with Gasteiger partial charge < -0.3 is 4.42 Å². The number of Topliss-reactive ketones (excluding diaryl/α,β-unsaturated/α-hetero) is 1. The fourth-order valence-corrected chi connectivity index (χ4v) is 4.96. The predicted molar refractivity (Wildman–Crippen MR) is 119 cm³/mol. The number of carbonyl (C=O) groups is 1. The van der Waals surface area contributed by atoms with Crippen LogP contribution >= 0.6 is 23.1 Å². The highest BCUT2D eigenvalue weighted by atomic mass is 32.2. The quantitative estimate of drug-likeness (QED) is 0.221. The highest BCUT2D eigenvalue weighted by Gasteiger charge is 2.21. The molecular weight excluding hydrogens is 418 g/mol. The predicted octanol–water partition coefficient (Wildman–Crippen LogP) is 4.87. The first-order valence-electron chi connectivity index (χ1n) is 9.34. The van der Waals surface area contributed by atoms with Crippen molar-refractivity contribution in [1.82, 2.24) is 24.3 Å². The lowest BCUT2D eigenvalue weighted by atomic mass is 10.2. The minimum atomic E-state index is 0.0464. The molecule has 0 spiro atoms. The molecule has 0 saturated carbocycles. The molecule has 4 heterocycles. The average Bonchev–Trinajstić information content (AvgIpc) is 3.49. The van der Waals surface area contributed by atoms with Crippen molar-refractivity contribution in [3.8, 4) is 16.5 Å². The van der Waals surface area contributed by atoms with Gasteiger partial charge in [0.25, 0.3) is 0 Å². The highest BCUT2D eigenvalue weighted by molar-refractivity contribution is 7.99. The summed E-state index contributed by atoms with van der Waals surface area (Å²) in [5, 5.41) is 12.1. The Morgan fingerprint density at radius 2 is 2.17 bits per heavy atom. The van der Waals surface area contributed by atoms with E-state index in [0.717, 1.165) is 27.8 Å². The monoisotopic (exact) mass is 439 g/mol. The zero-order valence-corrected chi connectivity index (χ0v) is 18.6. The molecule has 0 amide bonds. The van der Waals surface area contributed by atoms with Gasteiger partial charge in [-0.05, 0) is 32.9 Å². The second kappa shape index (κ2) is 8.45. The zero-order valence-electron chi connectivity index (χ0n) is 17.0. The van der Waals surface area contributed by atoms with Gasteiger partial charge in [0, 0.05) is 35.1 Å². The lowest BCUT2D eigenvalue weighted by Crippen LogP contribution is -2.07. The first kappa shape index (κ1) is 20.4. The van der Waals surface area contributed by atoms with E-state index in [9.17, 15) is 4.79 Å². The van der Waals surface area contributed by atoms with Crippen LogP contribution in [0.3, 0.4) is 0 Å². The minimum Gasteiger partial charge on any atom is -0.469 e. The molecule has 0 radical (unpaired) electrons. The molecule has 0 aromatic carbocycles. The Balaban J connectivity index is 1.57. The van der Waals surface area contributed by atoms with Crippen LogP contribution in [0.1, 0.15) is 27.5 Å². The molecule has 4 aromatic heterocycles. The fourth-order valence-electron chi connectivity index (χ4n) is 3.38. The van der Waals surface area contributed by atoms with Crippen molar-refractivity contribution in [2.45, 2.75) is 32.5 Å². The van der Waals surface area contributed by atoms with Crippen molar-refractivity contribution in [2.24, 2.45) is 0 Å². The number of aromatic nitrogens is 5. The molecule has 0 aliphatic heterocycles. The van der Waals surface area contributed by atoms with E-state index in [1.807, 2.05) is 47.4 Å². The third kappa shape index (κ3) is 3.66. The number of thiazole rings is 1. The summed E-state index contributed by atoms with van der Waals surface area (Å²) >= 11 is 2.92. The summed E-state index contributed by atoms with van der Waals surface area (Å²) in [6.07, 6.45) is 5.18. The Morgan fingerprint density at radius 1 is 1.33 bits per heavy atom. The maximum Gasteiger partial charge on any atom is 0.193 e. The molecule has 0 atom stereocenters. The number of hydrogen-bond donors (Lipinski definition) is 0. The number of nitrogens with zero attached hydrogens (tertiary/aromatic N) is 5. The summed E-state index contributed by atoms with van der Waals surface area (Å²) in [6.45, 7) is 10.2. The van der Waals surface area contributed by atoms with Crippen molar-refractivity contribution < 1.29 is 9.21 Å². The summed E-state index contributed by atoms with van der Waals surface area (Å²) < 4.78 is 9.36. The van der Waals surface area contributed by atoms with Crippen LogP contribution in [0.25, 0.3) is 16.5 Å². The molecule has 7 nitrogen and oxygen atoms in total. The molecule has 0 saturated heterocycles. The van der Waals surface area contributed by atoms with Crippen LogP contribution in [0, 0.1) is 20.8 Å². The number of aryl methyl sites for hydroxylation is 2. The zero-order chi connectivity index (χ0) is 21.3. The fraction of sp³-hybridized carbons (Fsp3) is 0.238. The number of ketones is 1. The second-order valence-corrected chi connectivity index (χ2v) is 8.56. The van der Waals surface area contributed by atoms with Crippen LogP contribution in [0.5, 0.6) is 0 Å². The topological polar surface area (TPSA) is 78.7 Å². The van der Waals surface area contributed by atoms with Gasteiger partial charge in [-0.25, -0.2) is 4.98 Å². The Morgan fingerprint density at radius 3 is 2.83 bits per heavy atom. The van der Waals surface area contributed by atoms with E-state index in [1.54, 1.807) is 29.9 Å². The van der Waals surface area contributed by atoms with Crippen molar-refractivity contribution in [3.05, 3.63) is 65.3 Å². The summed E-state index contributed by atoms with van der Waals surface area (Å²) in [5.41, 5.74) is 3.48. The standard InChI is InChI=1S/C21H21N5O2S2/c1-5-8-25-19(16-6-9-28-15(16)4)23-24-21(25)30-12-18(27)17-11-13(2)26(14(17)3)20-22-7-10-29-20/h5-7,9-11H,1,8,12H2,2-4H3. The molecule has 0 aliphatic carbocycles. The maximum absolute atomic E-state index is 13.0. The van der Waals surface area contributed by atoms with Crippen LogP contribution in [0.2, 0.25) is 0 Å². The van der Waals surface area contributed by atoms with E-state index >= 15 is 0 Å². The molecule has 0 N–H and O–H groups in total. The number of rotatable bonds is 8. The molecule has 154 valence electrons. The molecular formula is C21H21N5O2S2. The molecule has 0 fully saturated rings. The third-order valence-electron chi connectivity index (χ3n) is 4.80. The second-order valence-electron chi connectivity index (χ2n) is 6.74. The van der Waals surface area contributed by atoms with Gasteiger partial charge in [-0.15, -0.1) is 28.1 Å². The van der Waals surface area contributed by atoms with Crippen molar-refractivity contribution in [3.63, 3.8) is 0 Å². The Bertz CT molecular complexity index is 1200. The van der Waals surface area contributed by atoms with Crippen molar-refractivity contribution >= 4 is 28.9 Å². The minimum absolute atomic E-state index is 0.0464. The molecule has 0 bridgehead atoms. The molecule has 30 heavy (non-hydrogen) atoms.